The normalized spacial score (nSPS) is 12.8. The Kier molecular flexibility index (Phi) is 6.20. The lowest BCUT2D eigenvalue weighted by Gasteiger charge is -2.17. The van der Waals surface area contributed by atoms with Gasteiger partial charge in [0.2, 0.25) is 0 Å². The number of benzene rings is 1. The summed E-state index contributed by atoms with van der Waals surface area (Å²) in [5, 5.41) is 3.43. The summed E-state index contributed by atoms with van der Waals surface area (Å²) < 4.78 is 5.92. The molecule has 2 heteroatoms. The second kappa shape index (κ2) is 7.42. The fourth-order valence-electron chi connectivity index (χ4n) is 1.80. The van der Waals surface area contributed by atoms with Crippen LogP contribution in [0.3, 0.4) is 0 Å². The van der Waals surface area contributed by atoms with Crippen LogP contribution in [0.15, 0.2) is 18.2 Å². The van der Waals surface area contributed by atoms with E-state index in [1.54, 1.807) is 0 Å². The van der Waals surface area contributed by atoms with Gasteiger partial charge in [-0.15, -0.1) is 0 Å². The molecule has 0 bridgehead atoms. The lowest BCUT2D eigenvalue weighted by molar-refractivity contribution is 0.272. The minimum atomic E-state index is 0.395. The third-order valence-electron chi connectivity index (χ3n) is 3.11. The van der Waals surface area contributed by atoms with Crippen LogP contribution in [-0.4, -0.2) is 19.2 Å². The van der Waals surface area contributed by atoms with E-state index in [2.05, 4.69) is 58.1 Å². The molecule has 0 saturated carbocycles. The maximum absolute atomic E-state index is 5.92. The van der Waals surface area contributed by atoms with Gasteiger partial charge in [-0.25, -0.2) is 0 Å². The molecule has 18 heavy (non-hydrogen) atoms. The van der Waals surface area contributed by atoms with Crippen LogP contribution in [0.1, 0.15) is 51.2 Å². The summed E-state index contributed by atoms with van der Waals surface area (Å²) in [6.45, 7) is 12.6. The van der Waals surface area contributed by atoms with E-state index < -0.39 is 0 Å². The Balaban J connectivity index is 2.58. The highest BCUT2D eigenvalue weighted by Gasteiger charge is 2.07. The number of ether oxygens (including phenoxy) is 1. The molecule has 0 amide bonds. The van der Waals surface area contributed by atoms with Gasteiger partial charge in [0.1, 0.15) is 12.4 Å². The average Bonchev–Trinajstić information content (AvgIpc) is 2.35. The van der Waals surface area contributed by atoms with Gasteiger partial charge in [0.15, 0.2) is 0 Å². The third-order valence-corrected chi connectivity index (χ3v) is 3.11. The molecule has 102 valence electrons. The van der Waals surface area contributed by atoms with Crippen molar-refractivity contribution in [3.05, 3.63) is 29.3 Å². The Morgan fingerprint density at radius 2 is 1.94 bits per heavy atom. The molecule has 0 saturated heterocycles. The maximum atomic E-state index is 5.92. The van der Waals surface area contributed by atoms with E-state index in [1.807, 2.05) is 0 Å². The zero-order valence-corrected chi connectivity index (χ0v) is 12.4. The molecule has 1 aromatic carbocycles. The van der Waals surface area contributed by atoms with E-state index in [0.717, 1.165) is 25.3 Å². The van der Waals surface area contributed by atoms with Gasteiger partial charge in [-0.05, 0) is 49.9 Å². The van der Waals surface area contributed by atoms with E-state index in [4.69, 9.17) is 4.74 Å². The van der Waals surface area contributed by atoms with Crippen LogP contribution in [-0.2, 0) is 0 Å². The van der Waals surface area contributed by atoms with Crippen LogP contribution in [0.4, 0.5) is 0 Å². The fraction of sp³-hybridized carbons (Fsp3) is 0.625. The van der Waals surface area contributed by atoms with Crippen LogP contribution in [0.2, 0.25) is 0 Å². The summed E-state index contributed by atoms with van der Waals surface area (Å²) in [4.78, 5) is 0. The molecule has 0 aliphatic rings. The quantitative estimate of drug-likeness (QED) is 0.791. The number of nitrogens with one attached hydrogen (secondary N) is 1. The van der Waals surface area contributed by atoms with Crippen molar-refractivity contribution in [3.63, 3.8) is 0 Å². The van der Waals surface area contributed by atoms with Crippen molar-refractivity contribution in [1.82, 2.24) is 5.32 Å². The summed E-state index contributed by atoms with van der Waals surface area (Å²) in [5.41, 5.74) is 2.55. The van der Waals surface area contributed by atoms with Crippen molar-refractivity contribution >= 4 is 0 Å². The molecule has 1 unspecified atom stereocenters. The highest BCUT2D eigenvalue weighted by atomic mass is 16.5. The molecule has 0 aliphatic carbocycles. The molecular weight excluding hydrogens is 222 g/mol. The molecule has 0 heterocycles. The first kappa shape index (κ1) is 15.0. The smallest absolute Gasteiger partial charge is 0.122 e. The second-order valence-corrected chi connectivity index (χ2v) is 5.35. The number of rotatable bonds is 7. The zero-order chi connectivity index (χ0) is 13.5. The van der Waals surface area contributed by atoms with Crippen LogP contribution in [0, 0.1) is 6.92 Å². The molecule has 0 aromatic heterocycles. The Labute approximate surface area is 112 Å². The lowest BCUT2D eigenvalue weighted by atomic mass is 10.0. The van der Waals surface area contributed by atoms with Gasteiger partial charge in [0.25, 0.3) is 0 Å². The Bertz CT molecular complexity index is 360. The molecule has 0 radical (unpaired) electrons. The molecule has 1 aromatic rings. The minimum absolute atomic E-state index is 0.395. The highest BCUT2D eigenvalue weighted by Crippen LogP contribution is 2.24. The molecule has 0 aliphatic heterocycles. The monoisotopic (exact) mass is 249 g/mol. The predicted octanol–water partition coefficient (Wildman–Crippen LogP) is 3.89. The molecule has 2 nitrogen and oxygen atoms in total. The number of aryl methyl sites for hydroxylation is 1. The molecule has 1 atom stereocenters. The molecule has 0 spiro atoms. The number of hydrogen-bond donors (Lipinski definition) is 1. The van der Waals surface area contributed by atoms with Crippen molar-refractivity contribution in [1.29, 1.82) is 0 Å². The van der Waals surface area contributed by atoms with Crippen LogP contribution in [0.5, 0.6) is 5.75 Å². The molecule has 1 rings (SSSR count). The SMILES string of the molecule is CCCNC(C)COc1cc(C(C)C)ccc1C. The Morgan fingerprint density at radius 1 is 1.22 bits per heavy atom. The summed E-state index contributed by atoms with van der Waals surface area (Å²) in [5.74, 6) is 1.56. The summed E-state index contributed by atoms with van der Waals surface area (Å²) in [7, 11) is 0. The van der Waals surface area contributed by atoms with Crippen molar-refractivity contribution in [2.75, 3.05) is 13.2 Å². The van der Waals surface area contributed by atoms with E-state index in [0.29, 0.717) is 12.0 Å². The second-order valence-electron chi connectivity index (χ2n) is 5.35. The standard InChI is InChI=1S/C16H27NO/c1-6-9-17-14(5)11-18-16-10-15(12(2)3)8-7-13(16)4/h7-8,10,12,14,17H,6,9,11H2,1-5H3. The van der Waals surface area contributed by atoms with Crippen molar-refractivity contribution < 1.29 is 4.74 Å². The molecular formula is C16H27NO. The first-order chi connectivity index (χ1) is 8.54. The predicted molar refractivity (Wildman–Crippen MR) is 78.5 cm³/mol. The lowest BCUT2D eigenvalue weighted by Crippen LogP contribution is -2.32. The zero-order valence-electron chi connectivity index (χ0n) is 12.4. The largest absolute Gasteiger partial charge is 0.492 e. The van der Waals surface area contributed by atoms with Gasteiger partial charge in [-0.3, -0.25) is 0 Å². The molecule has 0 fully saturated rings. The van der Waals surface area contributed by atoms with Crippen LogP contribution in [0.25, 0.3) is 0 Å². The van der Waals surface area contributed by atoms with Crippen molar-refractivity contribution in [2.24, 2.45) is 0 Å². The summed E-state index contributed by atoms with van der Waals surface area (Å²) in [6.07, 6.45) is 1.16. The summed E-state index contributed by atoms with van der Waals surface area (Å²) in [6, 6.07) is 6.90. The van der Waals surface area contributed by atoms with E-state index in [9.17, 15) is 0 Å². The third kappa shape index (κ3) is 4.69. The highest BCUT2D eigenvalue weighted by molar-refractivity contribution is 5.37. The topological polar surface area (TPSA) is 21.3 Å². The van der Waals surface area contributed by atoms with Crippen LogP contribution >= 0.6 is 0 Å². The summed E-state index contributed by atoms with van der Waals surface area (Å²) >= 11 is 0. The van der Waals surface area contributed by atoms with Gasteiger partial charge in [-0.1, -0.05) is 32.9 Å². The van der Waals surface area contributed by atoms with E-state index in [1.165, 1.54) is 11.1 Å². The van der Waals surface area contributed by atoms with Gasteiger partial charge in [0, 0.05) is 6.04 Å². The van der Waals surface area contributed by atoms with E-state index >= 15 is 0 Å². The number of hydrogen-bond acceptors (Lipinski definition) is 2. The van der Waals surface area contributed by atoms with Gasteiger partial charge in [0.05, 0.1) is 0 Å². The van der Waals surface area contributed by atoms with Crippen LogP contribution < -0.4 is 10.1 Å². The first-order valence-corrected chi connectivity index (χ1v) is 7.01. The average molecular weight is 249 g/mol. The van der Waals surface area contributed by atoms with Gasteiger partial charge < -0.3 is 10.1 Å². The minimum Gasteiger partial charge on any atom is -0.492 e. The Morgan fingerprint density at radius 3 is 2.56 bits per heavy atom. The first-order valence-electron chi connectivity index (χ1n) is 7.01. The Hall–Kier alpha value is -1.02. The van der Waals surface area contributed by atoms with Crippen molar-refractivity contribution in [3.8, 4) is 5.75 Å². The van der Waals surface area contributed by atoms with E-state index in [-0.39, 0.29) is 0 Å². The fourth-order valence-corrected chi connectivity index (χ4v) is 1.80. The van der Waals surface area contributed by atoms with Crippen molar-refractivity contribution in [2.45, 2.75) is 53.0 Å². The van der Waals surface area contributed by atoms with Gasteiger partial charge >= 0.3 is 0 Å². The van der Waals surface area contributed by atoms with Gasteiger partial charge in [-0.2, -0.15) is 0 Å². The maximum Gasteiger partial charge on any atom is 0.122 e. The molecule has 1 N–H and O–H groups in total.